The van der Waals surface area contributed by atoms with Crippen LogP contribution in [-0.4, -0.2) is 5.11 Å². The van der Waals surface area contributed by atoms with Crippen LogP contribution in [0.2, 0.25) is 0 Å². The molecule has 2 aromatic rings. The quantitative estimate of drug-likeness (QED) is 0.789. The van der Waals surface area contributed by atoms with Crippen LogP contribution in [0.25, 0.3) is 12.2 Å². The maximum atomic E-state index is 9.53. The van der Waals surface area contributed by atoms with Gasteiger partial charge in [-0.1, -0.05) is 48.6 Å². The van der Waals surface area contributed by atoms with Crippen LogP contribution in [0.3, 0.4) is 0 Å². The van der Waals surface area contributed by atoms with Gasteiger partial charge in [-0.15, -0.1) is 0 Å². The van der Waals surface area contributed by atoms with E-state index < -0.39 is 0 Å². The molecular weight excluding hydrogens is 210 g/mol. The largest absolute Gasteiger partial charge is 0.507 e. The van der Waals surface area contributed by atoms with E-state index in [1.54, 1.807) is 18.2 Å². The van der Waals surface area contributed by atoms with Gasteiger partial charge in [-0.3, -0.25) is 0 Å². The number of hydrogen-bond acceptors (Lipinski definition) is 2. The topological polar surface area (TPSA) is 44.0 Å². The number of phenolic OH excluding ortho intramolecular Hbond substituents is 1. The summed E-state index contributed by atoms with van der Waals surface area (Å²) in [6, 6.07) is 16.8. The first-order valence-electron chi connectivity index (χ1n) is 5.26. The maximum Gasteiger partial charge on any atom is 0.133 e. The van der Waals surface area contributed by atoms with Crippen molar-refractivity contribution in [3.63, 3.8) is 0 Å². The Hall–Kier alpha value is -2.53. The van der Waals surface area contributed by atoms with E-state index in [9.17, 15) is 5.11 Å². The molecule has 17 heavy (non-hydrogen) atoms. The zero-order valence-corrected chi connectivity index (χ0v) is 9.17. The van der Waals surface area contributed by atoms with Gasteiger partial charge in [-0.2, -0.15) is 5.26 Å². The minimum absolute atomic E-state index is 0.0164. The molecule has 0 saturated heterocycles. The third kappa shape index (κ3) is 2.73. The highest BCUT2D eigenvalue weighted by atomic mass is 16.3. The van der Waals surface area contributed by atoms with Crippen molar-refractivity contribution in [1.29, 1.82) is 5.26 Å². The van der Waals surface area contributed by atoms with E-state index in [2.05, 4.69) is 0 Å². The van der Waals surface area contributed by atoms with Crippen LogP contribution >= 0.6 is 0 Å². The van der Waals surface area contributed by atoms with Crippen LogP contribution < -0.4 is 0 Å². The van der Waals surface area contributed by atoms with E-state index in [0.717, 1.165) is 11.1 Å². The molecule has 0 amide bonds. The van der Waals surface area contributed by atoms with Crippen molar-refractivity contribution in [3.8, 4) is 11.8 Å². The van der Waals surface area contributed by atoms with Gasteiger partial charge in [0.25, 0.3) is 0 Å². The van der Waals surface area contributed by atoms with Crippen molar-refractivity contribution >= 4 is 12.2 Å². The normalized spacial score (nSPS) is 10.3. The summed E-state index contributed by atoms with van der Waals surface area (Å²) in [7, 11) is 0. The van der Waals surface area contributed by atoms with Gasteiger partial charge in [-0.25, -0.2) is 0 Å². The van der Waals surface area contributed by atoms with Crippen LogP contribution in [0.4, 0.5) is 0 Å². The highest BCUT2D eigenvalue weighted by Gasteiger charge is 1.98. The molecule has 1 N–H and O–H groups in total. The fourth-order valence-electron chi connectivity index (χ4n) is 1.50. The second-order valence-electron chi connectivity index (χ2n) is 3.63. The van der Waals surface area contributed by atoms with Gasteiger partial charge in [0.1, 0.15) is 11.8 Å². The van der Waals surface area contributed by atoms with Gasteiger partial charge >= 0.3 is 0 Å². The Morgan fingerprint density at radius 3 is 2.29 bits per heavy atom. The molecule has 2 nitrogen and oxygen atoms in total. The summed E-state index contributed by atoms with van der Waals surface area (Å²) < 4.78 is 0. The fourth-order valence-corrected chi connectivity index (χ4v) is 1.50. The van der Waals surface area contributed by atoms with Crippen molar-refractivity contribution in [3.05, 3.63) is 65.2 Å². The maximum absolute atomic E-state index is 9.53. The van der Waals surface area contributed by atoms with Gasteiger partial charge in [0.05, 0.1) is 5.56 Å². The van der Waals surface area contributed by atoms with Crippen LogP contribution in [-0.2, 0) is 0 Å². The average Bonchev–Trinajstić information content (AvgIpc) is 2.38. The van der Waals surface area contributed by atoms with Crippen LogP contribution in [0.15, 0.2) is 48.5 Å². The minimum Gasteiger partial charge on any atom is -0.507 e. The smallest absolute Gasteiger partial charge is 0.133 e. The summed E-state index contributed by atoms with van der Waals surface area (Å²) in [6.45, 7) is 0. The number of nitriles is 1. The number of rotatable bonds is 2. The molecule has 2 heteroatoms. The molecule has 0 atom stereocenters. The number of hydrogen-bond donors (Lipinski definition) is 1. The Morgan fingerprint density at radius 2 is 1.65 bits per heavy atom. The average molecular weight is 221 g/mol. The molecule has 0 aliphatic heterocycles. The van der Waals surface area contributed by atoms with Crippen LogP contribution in [0.5, 0.6) is 5.75 Å². The SMILES string of the molecule is N#Cc1ccc(C=Cc2ccccc2)cc1O. The Bertz CT molecular complexity index is 580. The summed E-state index contributed by atoms with van der Waals surface area (Å²) in [6.07, 6.45) is 3.86. The molecule has 0 aromatic heterocycles. The lowest BCUT2D eigenvalue weighted by Crippen LogP contribution is -1.78. The molecule has 0 unspecified atom stereocenters. The van der Waals surface area contributed by atoms with E-state index >= 15 is 0 Å². The Balaban J connectivity index is 2.23. The van der Waals surface area contributed by atoms with Crippen LogP contribution in [0, 0.1) is 11.3 Å². The second-order valence-corrected chi connectivity index (χ2v) is 3.63. The first kappa shape index (κ1) is 11.0. The monoisotopic (exact) mass is 221 g/mol. The number of nitrogens with zero attached hydrogens (tertiary/aromatic N) is 1. The number of phenols is 1. The lowest BCUT2D eigenvalue weighted by molar-refractivity contribution is 0.473. The van der Waals surface area contributed by atoms with Crippen LogP contribution in [0.1, 0.15) is 16.7 Å². The van der Waals surface area contributed by atoms with Crippen molar-refractivity contribution in [2.75, 3.05) is 0 Å². The van der Waals surface area contributed by atoms with Crippen molar-refractivity contribution in [2.24, 2.45) is 0 Å². The van der Waals surface area contributed by atoms with E-state index in [1.807, 2.05) is 48.6 Å². The zero-order valence-electron chi connectivity index (χ0n) is 9.17. The van der Waals surface area contributed by atoms with Gasteiger partial charge < -0.3 is 5.11 Å². The third-order valence-electron chi connectivity index (χ3n) is 2.41. The molecule has 0 bridgehead atoms. The summed E-state index contributed by atoms with van der Waals surface area (Å²) in [5, 5.41) is 18.2. The summed E-state index contributed by atoms with van der Waals surface area (Å²) in [5.41, 5.74) is 2.25. The Labute approximate surface area is 100 Å². The molecule has 0 fully saturated rings. The van der Waals surface area contributed by atoms with Gasteiger partial charge in [0.15, 0.2) is 0 Å². The van der Waals surface area contributed by atoms with Gasteiger partial charge in [-0.05, 0) is 23.3 Å². The summed E-state index contributed by atoms with van der Waals surface area (Å²) in [5.74, 6) is 0.0164. The number of benzene rings is 2. The zero-order chi connectivity index (χ0) is 12.1. The van der Waals surface area contributed by atoms with E-state index in [0.29, 0.717) is 5.56 Å². The first-order chi connectivity index (χ1) is 8.29. The third-order valence-corrected chi connectivity index (χ3v) is 2.41. The molecule has 82 valence electrons. The molecular formula is C15H11NO. The number of aromatic hydroxyl groups is 1. The predicted molar refractivity (Wildman–Crippen MR) is 68.2 cm³/mol. The lowest BCUT2D eigenvalue weighted by atomic mass is 10.1. The van der Waals surface area contributed by atoms with Crippen molar-refractivity contribution in [2.45, 2.75) is 0 Å². The summed E-state index contributed by atoms with van der Waals surface area (Å²) >= 11 is 0. The van der Waals surface area contributed by atoms with E-state index in [4.69, 9.17) is 5.26 Å². The molecule has 0 saturated carbocycles. The molecule has 0 heterocycles. The fraction of sp³-hybridized carbons (Fsp3) is 0. The van der Waals surface area contributed by atoms with Crippen molar-refractivity contribution in [1.82, 2.24) is 0 Å². The summed E-state index contributed by atoms with van der Waals surface area (Å²) in [4.78, 5) is 0. The first-order valence-corrected chi connectivity index (χ1v) is 5.26. The van der Waals surface area contributed by atoms with Gasteiger partial charge in [0, 0.05) is 0 Å². The molecule has 2 aromatic carbocycles. The standard InChI is InChI=1S/C15H11NO/c16-11-14-9-8-13(10-15(14)17)7-6-12-4-2-1-3-5-12/h1-10,17H. The molecule has 0 spiro atoms. The molecule has 0 radical (unpaired) electrons. The lowest BCUT2D eigenvalue weighted by Gasteiger charge is -1.98. The predicted octanol–water partition coefficient (Wildman–Crippen LogP) is 3.43. The Kier molecular flexibility index (Phi) is 3.23. The molecule has 2 rings (SSSR count). The van der Waals surface area contributed by atoms with Crippen molar-refractivity contribution < 1.29 is 5.11 Å². The highest BCUT2D eigenvalue weighted by molar-refractivity contribution is 5.70. The molecule has 0 aliphatic rings. The van der Waals surface area contributed by atoms with Gasteiger partial charge in [0.2, 0.25) is 0 Å². The molecule has 0 aliphatic carbocycles. The van der Waals surface area contributed by atoms with E-state index in [-0.39, 0.29) is 5.75 Å². The highest BCUT2D eigenvalue weighted by Crippen LogP contribution is 2.19. The minimum atomic E-state index is 0.0164. The Morgan fingerprint density at radius 1 is 0.941 bits per heavy atom. The second kappa shape index (κ2) is 5.00. The van der Waals surface area contributed by atoms with E-state index in [1.165, 1.54) is 0 Å².